The smallest absolute Gasteiger partial charge is 0.270 e. The van der Waals surface area contributed by atoms with Crippen molar-refractivity contribution in [3.63, 3.8) is 0 Å². The maximum absolute atomic E-state index is 13.8. The van der Waals surface area contributed by atoms with Crippen LogP contribution in [0.25, 0.3) is 10.9 Å². The van der Waals surface area contributed by atoms with Crippen molar-refractivity contribution in [3.05, 3.63) is 35.3 Å². The summed E-state index contributed by atoms with van der Waals surface area (Å²) in [5.41, 5.74) is 1.01. The lowest BCUT2D eigenvalue weighted by molar-refractivity contribution is 0.0528. The predicted octanol–water partition coefficient (Wildman–Crippen LogP) is 1.69. The van der Waals surface area contributed by atoms with Gasteiger partial charge in [-0.2, -0.15) is 5.26 Å². The lowest BCUT2D eigenvalue weighted by Gasteiger charge is -2.40. The van der Waals surface area contributed by atoms with Crippen LogP contribution in [0.3, 0.4) is 0 Å². The predicted molar refractivity (Wildman–Crippen MR) is 96.3 cm³/mol. The fourth-order valence-electron chi connectivity index (χ4n) is 4.04. The van der Waals surface area contributed by atoms with E-state index in [0.717, 1.165) is 26.2 Å². The topological polar surface area (TPSA) is 75.2 Å². The van der Waals surface area contributed by atoms with Gasteiger partial charge < -0.3 is 15.2 Å². The molecule has 3 heterocycles. The molecule has 0 radical (unpaired) electrons. The van der Waals surface area contributed by atoms with Gasteiger partial charge in [0.1, 0.15) is 17.6 Å². The molecule has 7 heteroatoms. The van der Waals surface area contributed by atoms with Crippen molar-refractivity contribution in [3.8, 4) is 6.07 Å². The first-order valence-electron chi connectivity index (χ1n) is 9.13. The van der Waals surface area contributed by atoms with Gasteiger partial charge in [0.2, 0.25) is 0 Å². The summed E-state index contributed by atoms with van der Waals surface area (Å²) in [4.78, 5) is 20.2. The van der Waals surface area contributed by atoms with E-state index in [2.05, 4.69) is 15.2 Å². The molecular formula is C19H22FN5O. The van der Waals surface area contributed by atoms with E-state index in [-0.39, 0.29) is 11.5 Å². The number of nitriles is 1. The summed E-state index contributed by atoms with van der Waals surface area (Å²) in [5.74, 6) is -0.649. The normalized spacial score (nSPS) is 19.6. The second-order valence-corrected chi connectivity index (χ2v) is 6.99. The molecule has 6 nitrogen and oxygen atoms in total. The minimum atomic E-state index is -0.561. The Balaban J connectivity index is 1.47. The van der Waals surface area contributed by atoms with Crippen LogP contribution < -0.4 is 5.32 Å². The van der Waals surface area contributed by atoms with Crippen LogP contribution in [-0.2, 0) is 0 Å². The number of aromatic amines is 1. The Bertz CT molecular complexity index is 857. The average molecular weight is 355 g/mol. The van der Waals surface area contributed by atoms with Crippen molar-refractivity contribution in [2.45, 2.75) is 18.9 Å². The number of piperazine rings is 1. The molecule has 4 rings (SSSR count). The number of halogens is 1. The molecule has 2 aromatic rings. The lowest BCUT2D eigenvalue weighted by atomic mass is 10.0. The van der Waals surface area contributed by atoms with Gasteiger partial charge in [0, 0.05) is 43.1 Å². The summed E-state index contributed by atoms with van der Waals surface area (Å²) in [6.07, 6.45) is 2.33. The van der Waals surface area contributed by atoms with Gasteiger partial charge in [0.15, 0.2) is 0 Å². The number of carbonyl (C=O) groups is 1. The third kappa shape index (κ3) is 3.06. The molecule has 1 aromatic heterocycles. The van der Waals surface area contributed by atoms with Crippen LogP contribution in [0.2, 0.25) is 0 Å². The summed E-state index contributed by atoms with van der Waals surface area (Å²) in [7, 11) is 0. The number of hydrogen-bond donors (Lipinski definition) is 2. The van der Waals surface area contributed by atoms with Crippen LogP contribution in [-0.4, -0.2) is 66.0 Å². The highest BCUT2D eigenvalue weighted by Crippen LogP contribution is 2.23. The number of amides is 1. The van der Waals surface area contributed by atoms with E-state index < -0.39 is 5.82 Å². The van der Waals surface area contributed by atoms with E-state index in [0.29, 0.717) is 35.7 Å². The Hall–Kier alpha value is -2.43. The largest absolute Gasteiger partial charge is 0.350 e. The van der Waals surface area contributed by atoms with E-state index in [9.17, 15) is 9.18 Å². The highest BCUT2D eigenvalue weighted by atomic mass is 19.1. The van der Waals surface area contributed by atoms with Crippen LogP contribution in [0.5, 0.6) is 0 Å². The van der Waals surface area contributed by atoms with Crippen LogP contribution in [0.1, 0.15) is 28.9 Å². The molecule has 136 valence electrons. The fourth-order valence-corrected chi connectivity index (χ4v) is 4.04. The Kier molecular flexibility index (Phi) is 4.62. The molecule has 0 saturated carbocycles. The fraction of sp³-hybridized carbons (Fsp3) is 0.474. The summed E-state index contributed by atoms with van der Waals surface area (Å²) < 4.78 is 13.8. The standard InChI is InChI=1S/C19H22FN5O/c20-16-1-2-17-14(15(16)12-21)11-18(23-17)19(26)25-9-7-24(8-10-25)13-3-5-22-6-4-13/h1-2,11,13,22-23H,3-10H2. The zero-order valence-corrected chi connectivity index (χ0v) is 14.6. The maximum atomic E-state index is 13.8. The van der Waals surface area contributed by atoms with Gasteiger partial charge in [0.05, 0.1) is 5.56 Å². The molecule has 0 spiro atoms. The Morgan fingerprint density at radius 1 is 1.19 bits per heavy atom. The Morgan fingerprint density at radius 2 is 1.92 bits per heavy atom. The molecule has 2 aliphatic heterocycles. The number of rotatable bonds is 2. The minimum absolute atomic E-state index is 0.0199. The zero-order valence-electron chi connectivity index (χ0n) is 14.6. The van der Waals surface area contributed by atoms with Crippen molar-refractivity contribution < 1.29 is 9.18 Å². The second kappa shape index (κ2) is 7.06. The molecule has 0 atom stereocenters. The maximum Gasteiger partial charge on any atom is 0.270 e. The second-order valence-electron chi connectivity index (χ2n) is 6.99. The van der Waals surface area contributed by atoms with Crippen molar-refractivity contribution in [1.29, 1.82) is 5.26 Å². The Morgan fingerprint density at radius 3 is 2.62 bits per heavy atom. The van der Waals surface area contributed by atoms with Gasteiger partial charge in [0.25, 0.3) is 5.91 Å². The molecule has 2 N–H and O–H groups in total. The van der Waals surface area contributed by atoms with Gasteiger partial charge in [-0.15, -0.1) is 0 Å². The van der Waals surface area contributed by atoms with Crippen molar-refractivity contribution in [2.24, 2.45) is 0 Å². The first kappa shape index (κ1) is 17.0. The average Bonchev–Trinajstić information content (AvgIpc) is 3.12. The summed E-state index contributed by atoms with van der Waals surface area (Å²) in [5, 5.41) is 13.0. The van der Waals surface area contributed by atoms with E-state index in [1.807, 2.05) is 11.0 Å². The third-order valence-electron chi connectivity index (χ3n) is 5.52. The van der Waals surface area contributed by atoms with Gasteiger partial charge in [-0.3, -0.25) is 9.69 Å². The van der Waals surface area contributed by atoms with E-state index in [1.54, 1.807) is 12.1 Å². The third-order valence-corrected chi connectivity index (χ3v) is 5.52. The van der Waals surface area contributed by atoms with Crippen molar-refractivity contribution in [1.82, 2.24) is 20.1 Å². The Labute approximate surface area is 151 Å². The van der Waals surface area contributed by atoms with Crippen LogP contribution in [0.4, 0.5) is 4.39 Å². The van der Waals surface area contributed by atoms with Crippen molar-refractivity contribution in [2.75, 3.05) is 39.3 Å². The first-order valence-corrected chi connectivity index (χ1v) is 9.13. The molecule has 2 fully saturated rings. The first-order chi connectivity index (χ1) is 12.7. The molecule has 2 saturated heterocycles. The lowest BCUT2D eigenvalue weighted by Crippen LogP contribution is -2.54. The number of benzene rings is 1. The summed E-state index contributed by atoms with van der Waals surface area (Å²) in [6, 6.07) is 6.91. The molecule has 2 aliphatic rings. The number of nitrogens with zero attached hydrogens (tertiary/aromatic N) is 3. The summed E-state index contributed by atoms with van der Waals surface area (Å²) >= 11 is 0. The van der Waals surface area contributed by atoms with Gasteiger partial charge in [-0.05, 0) is 44.1 Å². The molecule has 1 aromatic carbocycles. The number of H-pyrrole nitrogens is 1. The monoisotopic (exact) mass is 355 g/mol. The molecule has 1 amide bonds. The van der Waals surface area contributed by atoms with Crippen molar-refractivity contribution >= 4 is 16.8 Å². The number of fused-ring (bicyclic) bond motifs is 1. The molecule has 0 unspecified atom stereocenters. The highest BCUT2D eigenvalue weighted by molar-refractivity contribution is 5.99. The van der Waals surface area contributed by atoms with Gasteiger partial charge in [-0.1, -0.05) is 0 Å². The van der Waals surface area contributed by atoms with E-state index >= 15 is 0 Å². The van der Waals surface area contributed by atoms with Crippen LogP contribution >= 0.6 is 0 Å². The SMILES string of the molecule is N#Cc1c(F)ccc2[nH]c(C(=O)N3CCN(C4CCNCC4)CC3)cc12. The zero-order chi connectivity index (χ0) is 18.1. The van der Waals surface area contributed by atoms with Gasteiger partial charge >= 0.3 is 0 Å². The van der Waals surface area contributed by atoms with Gasteiger partial charge in [-0.25, -0.2) is 4.39 Å². The van der Waals surface area contributed by atoms with Crippen LogP contribution in [0, 0.1) is 17.1 Å². The van der Waals surface area contributed by atoms with E-state index in [1.165, 1.54) is 18.9 Å². The quantitative estimate of drug-likeness (QED) is 0.860. The number of piperidine rings is 1. The van der Waals surface area contributed by atoms with E-state index in [4.69, 9.17) is 5.26 Å². The molecule has 0 aliphatic carbocycles. The summed E-state index contributed by atoms with van der Waals surface area (Å²) in [6.45, 7) is 5.28. The highest BCUT2D eigenvalue weighted by Gasteiger charge is 2.28. The minimum Gasteiger partial charge on any atom is -0.350 e. The molecule has 26 heavy (non-hydrogen) atoms. The molecule has 0 bridgehead atoms. The number of carbonyl (C=O) groups excluding carboxylic acids is 1. The number of aromatic nitrogens is 1. The molecular weight excluding hydrogens is 333 g/mol. The number of nitrogens with one attached hydrogen (secondary N) is 2. The number of hydrogen-bond acceptors (Lipinski definition) is 4. The van der Waals surface area contributed by atoms with Crippen LogP contribution in [0.15, 0.2) is 18.2 Å².